The summed E-state index contributed by atoms with van der Waals surface area (Å²) in [4.78, 5) is 35.2. The second-order valence-corrected chi connectivity index (χ2v) is 5.41. The Bertz CT molecular complexity index is 766. The molecular weight excluding hydrogens is 355 g/mol. The van der Waals surface area contributed by atoms with Gasteiger partial charge >= 0.3 is 5.97 Å². The zero-order chi connectivity index (χ0) is 17.5. The maximum absolute atomic E-state index is 11.8. The summed E-state index contributed by atoms with van der Waals surface area (Å²) in [5, 5.41) is 0.466. The zero-order valence-electron chi connectivity index (χ0n) is 12.2. The van der Waals surface area contributed by atoms with E-state index in [1.54, 1.807) is 30.3 Å². The number of halogens is 2. The van der Waals surface area contributed by atoms with Crippen molar-refractivity contribution in [2.24, 2.45) is 0 Å². The molecule has 0 aliphatic heterocycles. The molecule has 2 aromatic carbocycles. The molecule has 0 heterocycles. The van der Waals surface area contributed by atoms with E-state index in [1.807, 2.05) is 0 Å². The second kappa shape index (κ2) is 8.33. The minimum absolute atomic E-state index is 0.0466. The topological polar surface area (TPSA) is 84.5 Å². The first kappa shape index (κ1) is 17.8. The van der Waals surface area contributed by atoms with Crippen molar-refractivity contribution >= 4 is 41.0 Å². The van der Waals surface area contributed by atoms with Crippen LogP contribution < -0.4 is 10.9 Å². The highest BCUT2D eigenvalue weighted by Crippen LogP contribution is 2.21. The van der Waals surface area contributed by atoms with E-state index < -0.39 is 24.4 Å². The lowest BCUT2D eigenvalue weighted by Crippen LogP contribution is -2.43. The lowest BCUT2D eigenvalue weighted by Gasteiger charge is -2.09. The van der Waals surface area contributed by atoms with Gasteiger partial charge in [-0.2, -0.15) is 0 Å². The number of hydrogen-bond acceptors (Lipinski definition) is 4. The van der Waals surface area contributed by atoms with E-state index in [4.69, 9.17) is 27.9 Å². The van der Waals surface area contributed by atoms with E-state index in [9.17, 15) is 14.4 Å². The number of benzene rings is 2. The van der Waals surface area contributed by atoms with Gasteiger partial charge in [0, 0.05) is 10.6 Å². The van der Waals surface area contributed by atoms with Crippen LogP contribution in [0.4, 0.5) is 0 Å². The van der Waals surface area contributed by atoms with Gasteiger partial charge in [-0.15, -0.1) is 0 Å². The van der Waals surface area contributed by atoms with Crippen molar-refractivity contribution < 1.29 is 19.1 Å². The normalized spacial score (nSPS) is 9.92. The molecule has 24 heavy (non-hydrogen) atoms. The molecule has 0 aromatic heterocycles. The van der Waals surface area contributed by atoms with Gasteiger partial charge in [-0.3, -0.25) is 20.4 Å². The molecule has 0 atom stereocenters. The molecule has 0 aliphatic rings. The van der Waals surface area contributed by atoms with Crippen LogP contribution in [0.3, 0.4) is 0 Å². The van der Waals surface area contributed by atoms with Gasteiger partial charge in [0.15, 0.2) is 6.61 Å². The Labute approximate surface area is 147 Å². The first-order chi connectivity index (χ1) is 11.5. The minimum Gasteiger partial charge on any atom is -0.452 e. The first-order valence-electron chi connectivity index (χ1n) is 6.74. The molecule has 2 amide bonds. The summed E-state index contributed by atoms with van der Waals surface area (Å²) in [6, 6.07) is 12.6. The Hall–Kier alpha value is -2.57. The summed E-state index contributed by atoms with van der Waals surface area (Å²) in [6.45, 7) is -0.587. The van der Waals surface area contributed by atoms with E-state index in [1.165, 1.54) is 18.2 Å². The van der Waals surface area contributed by atoms with Crippen molar-refractivity contribution in [1.82, 2.24) is 10.9 Å². The van der Waals surface area contributed by atoms with Gasteiger partial charge in [0.1, 0.15) is 0 Å². The van der Waals surface area contributed by atoms with Crippen LogP contribution in [0.1, 0.15) is 20.7 Å². The van der Waals surface area contributed by atoms with Crippen LogP contribution in [-0.2, 0) is 9.53 Å². The molecule has 0 unspecified atom stereocenters. The molecule has 0 aliphatic carbocycles. The molecular formula is C16H12Cl2N2O4. The highest BCUT2D eigenvalue weighted by molar-refractivity contribution is 6.35. The Morgan fingerprint density at radius 1 is 0.958 bits per heavy atom. The Morgan fingerprint density at radius 3 is 2.38 bits per heavy atom. The third-order valence-corrected chi connectivity index (χ3v) is 3.40. The summed E-state index contributed by atoms with van der Waals surface area (Å²) in [7, 11) is 0. The number of carbonyl (C=O) groups excluding carboxylic acids is 3. The van der Waals surface area contributed by atoms with Crippen LogP contribution in [0.5, 0.6) is 0 Å². The monoisotopic (exact) mass is 366 g/mol. The minimum atomic E-state index is -0.799. The van der Waals surface area contributed by atoms with Gasteiger partial charge < -0.3 is 4.74 Å². The average Bonchev–Trinajstić information content (AvgIpc) is 2.60. The van der Waals surface area contributed by atoms with Gasteiger partial charge in [0.05, 0.1) is 10.6 Å². The number of amides is 2. The predicted octanol–water partition coefficient (Wildman–Crippen LogP) is 2.61. The van der Waals surface area contributed by atoms with Crippen LogP contribution in [0.2, 0.25) is 10.0 Å². The smallest absolute Gasteiger partial charge is 0.340 e. The zero-order valence-corrected chi connectivity index (χ0v) is 13.7. The summed E-state index contributed by atoms with van der Waals surface area (Å²) in [6.07, 6.45) is 0. The fraction of sp³-hybridized carbons (Fsp3) is 0.0625. The van der Waals surface area contributed by atoms with Crippen molar-refractivity contribution in [3.8, 4) is 0 Å². The number of rotatable bonds is 4. The molecule has 0 saturated carbocycles. The van der Waals surface area contributed by atoms with Crippen LogP contribution in [-0.4, -0.2) is 24.4 Å². The fourth-order valence-electron chi connectivity index (χ4n) is 1.69. The lowest BCUT2D eigenvalue weighted by atomic mass is 10.2. The average molecular weight is 367 g/mol. The predicted molar refractivity (Wildman–Crippen MR) is 88.8 cm³/mol. The van der Waals surface area contributed by atoms with Gasteiger partial charge in [-0.25, -0.2) is 4.79 Å². The Balaban J connectivity index is 1.82. The summed E-state index contributed by atoms with van der Waals surface area (Å²) < 4.78 is 4.82. The molecule has 0 fully saturated rings. The number of hydrogen-bond donors (Lipinski definition) is 2. The fourth-order valence-corrected chi connectivity index (χ4v) is 2.05. The van der Waals surface area contributed by atoms with E-state index in [0.29, 0.717) is 10.6 Å². The van der Waals surface area contributed by atoms with Crippen LogP contribution >= 0.6 is 23.2 Å². The number of ether oxygens (including phenoxy) is 1. The van der Waals surface area contributed by atoms with Gasteiger partial charge in [-0.1, -0.05) is 41.4 Å². The van der Waals surface area contributed by atoms with Crippen LogP contribution in [0.15, 0.2) is 48.5 Å². The second-order valence-electron chi connectivity index (χ2n) is 4.57. The molecule has 124 valence electrons. The molecule has 0 radical (unpaired) electrons. The van der Waals surface area contributed by atoms with Gasteiger partial charge in [0.25, 0.3) is 11.8 Å². The molecule has 2 rings (SSSR count). The first-order valence-corrected chi connectivity index (χ1v) is 7.49. The van der Waals surface area contributed by atoms with E-state index in [2.05, 4.69) is 10.9 Å². The number of esters is 1. The van der Waals surface area contributed by atoms with Crippen LogP contribution in [0.25, 0.3) is 0 Å². The highest BCUT2D eigenvalue weighted by Gasteiger charge is 2.15. The van der Waals surface area contributed by atoms with Crippen molar-refractivity contribution in [1.29, 1.82) is 0 Å². The highest BCUT2D eigenvalue weighted by atomic mass is 35.5. The molecule has 8 heteroatoms. The van der Waals surface area contributed by atoms with Crippen LogP contribution in [0, 0.1) is 0 Å². The number of hydrazine groups is 1. The number of nitrogens with one attached hydrogen (secondary N) is 2. The largest absolute Gasteiger partial charge is 0.452 e. The quantitative estimate of drug-likeness (QED) is 0.643. The lowest BCUT2D eigenvalue weighted by molar-refractivity contribution is -0.125. The molecule has 2 N–H and O–H groups in total. The summed E-state index contributed by atoms with van der Waals surface area (Å²) in [5.74, 6) is -1.99. The summed E-state index contributed by atoms with van der Waals surface area (Å²) >= 11 is 11.6. The maximum atomic E-state index is 11.8. The van der Waals surface area contributed by atoms with E-state index in [-0.39, 0.29) is 10.6 Å². The third-order valence-electron chi connectivity index (χ3n) is 2.83. The molecule has 0 spiro atoms. The van der Waals surface area contributed by atoms with Crippen molar-refractivity contribution in [3.63, 3.8) is 0 Å². The maximum Gasteiger partial charge on any atom is 0.340 e. The van der Waals surface area contributed by atoms with E-state index >= 15 is 0 Å². The third kappa shape index (κ3) is 4.97. The molecule has 6 nitrogen and oxygen atoms in total. The Morgan fingerprint density at radius 2 is 1.67 bits per heavy atom. The Kier molecular flexibility index (Phi) is 6.17. The van der Waals surface area contributed by atoms with Gasteiger partial charge in [-0.05, 0) is 30.3 Å². The number of carbonyl (C=O) groups is 3. The van der Waals surface area contributed by atoms with Gasteiger partial charge in [0.2, 0.25) is 0 Å². The van der Waals surface area contributed by atoms with Crippen molar-refractivity contribution in [2.45, 2.75) is 0 Å². The summed E-state index contributed by atoms with van der Waals surface area (Å²) in [5.41, 5.74) is 4.77. The SMILES string of the molecule is O=C(COC(=O)c1cc(Cl)ccc1Cl)NNC(=O)c1ccccc1. The molecule has 0 bridgehead atoms. The van der Waals surface area contributed by atoms with E-state index in [0.717, 1.165) is 0 Å². The van der Waals surface area contributed by atoms with Crippen molar-refractivity contribution in [3.05, 3.63) is 69.7 Å². The standard InChI is InChI=1S/C16H12Cl2N2O4/c17-11-6-7-13(18)12(8-11)16(23)24-9-14(21)19-20-15(22)10-4-2-1-3-5-10/h1-8H,9H2,(H,19,21)(H,20,22). The molecule has 2 aromatic rings. The van der Waals surface area contributed by atoms with Crippen molar-refractivity contribution in [2.75, 3.05) is 6.61 Å². The molecule has 0 saturated heterocycles.